The van der Waals surface area contributed by atoms with E-state index >= 15 is 0 Å². The number of nitrogens with zero attached hydrogens (tertiary/aromatic N) is 1. The highest BCUT2D eigenvalue weighted by Crippen LogP contribution is 2.25. The minimum atomic E-state index is -1.45. The lowest BCUT2D eigenvalue weighted by molar-refractivity contribution is -0.181. The molecule has 1 aliphatic heterocycles. The third kappa shape index (κ3) is 11.4. The molecule has 0 aromatic carbocycles. The van der Waals surface area contributed by atoms with Gasteiger partial charge in [-0.3, -0.25) is 0 Å². The predicted octanol–water partition coefficient (Wildman–Crippen LogP) is 4.88. The highest BCUT2D eigenvalue weighted by molar-refractivity contribution is 5.94. The third-order valence-corrected chi connectivity index (χ3v) is 5.02. The number of cyclic esters (lactones) is 1. The molecular weight excluding hydrogens is 482 g/mol. The SMILES string of the molecule is C=CC(C)(C)O[C@H]1COC[C@H](N(C(=O)OC(C)(C)C)C(=O)OC(C)(C)C)C(=O)O[C@@H](C)[C@@H]1OCC(C)C. The quantitative estimate of drug-likeness (QED) is 0.259. The lowest BCUT2D eigenvalue weighted by atomic mass is 10.1. The van der Waals surface area contributed by atoms with Gasteiger partial charge in [-0.1, -0.05) is 19.9 Å². The van der Waals surface area contributed by atoms with Crippen molar-refractivity contribution in [3.05, 3.63) is 12.7 Å². The molecule has 0 radical (unpaired) electrons. The van der Waals surface area contributed by atoms with Crippen LogP contribution in [-0.4, -0.2) is 84.0 Å². The third-order valence-electron chi connectivity index (χ3n) is 5.02. The maximum atomic E-state index is 13.4. The van der Waals surface area contributed by atoms with E-state index < -0.39 is 59.3 Å². The normalized spacial score (nSPS) is 23.8. The second-order valence-corrected chi connectivity index (χ2v) is 12.2. The second-order valence-electron chi connectivity index (χ2n) is 12.2. The van der Waals surface area contributed by atoms with Crippen LogP contribution in [0.4, 0.5) is 9.59 Å². The maximum Gasteiger partial charge on any atom is 0.420 e. The molecule has 0 unspecified atom stereocenters. The molecule has 1 fully saturated rings. The number of esters is 1. The Balaban J connectivity index is 3.39. The first kappa shape index (κ1) is 32.9. The topological polar surface area (TPSA) is 110 Å². The van der Waals surface area contributed by atoms with Crippen molar-refractivity contribution in [3.8, 4) is 0 Å². The lowest BCUT2D eigenvalue weighted by Gasteiger charge is -2.35. The van der Waals surface area contributed by atoms with Crippen LogP contribution in [0.3, 0.4) is 0 Å². The summed E-state index contributed by atoms with van der Waals surface area (Å²) in [5.41, 5.74) is -2.58. The smallest absolute Gasteiger partial charge is 0.420 e. The van der Waals surface area contributed by atoms with Gasteiger partial charge in [0.1, 0.15) is 29.5 Å². The van der Waals surface area contributed by atoms with Gasteiger partial charge in [0.2, 0.25) is 0 Å². The van der Waals surface area contributed by atoms with E-state index in [2.05, 4.69) is 6.58 Å². The molecule has 1 saturated heterocycles. The van der Waals surface area contributed by atoms with Crippen LogP contribution in [0.15, 0.2) is 12.7 Å². The summed E-state index contributed by atoms with van der Waals surface area (Å²) in [6.45, 7) is 23.1. The fraction of sp³-hybridized carbons (Fsp3) is 0.815. The molecule has 0 spiro atoms. The van der Waals surface area contributed by atoms with Crippen LogP contribution >= 0.6 is 0 Å². The number of hydrogen-bond acceptors (Lipinski definition) is 9. The Hall–Kier alpha value is -2.17. The summed E-state index contributed by atoms with van der Waals surface area (Å²) in [6, 6.07) is -1.45. The molecule has 4 atom stereocenters. The Morgan fingerprint density at radius 1 is 1.03 bits per heavy atom. The minimum absolute atomic E-state index is 0.00793. The first-order chi connectivity index (χ1) is 16.8. The van der Waals surface area contributed by atoms with Crippen LogP contribution in [0.25, 0.3) is 0 Å². The minimum Gasteiger partial charge on any atom is -0.458 e. The van der Waals surface area contributed by atoms with Crippen molar-refractivity contribution in [2.75, 3.05) is 19.8 Å². The zero-order valence-corrected chi connectivity index (χ0v) is 24.4. The molecule has 10 heteroatoms. The number of carbonyl (C=O) groups excluding carboxylic acids is 3. The fourth-order valence-electron chi connectivity index (χ4n) is 3.31. The molecular formula is C27H47NO9. The maximum absolute atomic E-state index is 13.4. The zero-order valence-electron chi connectivity index (χ0n) is 24.4. The van der Waals surface area contributed by atoms with Crippen LogP contribution in [0.5, 0.6) is 0 Å². The molecule has 37 heavy (non-hydrogen) atoms. The van der Waals surface area contributed by atoms with E-state index in [-0.39, 0.29) is 19.1 Å². The summed E-state index contributed by atoms with van der Waals surface area (Å²) < 4.78 is 34.8. The molecule has 0 aromatic rings. The molecule has 0 aliphatic carbocycles. The van der Waals surface area contributed by atoms with E-state index in [1.165, 1.54) is 0 Å². The van der Waals surface area contributed by atoms with E-state index in [0.717, 1.165) is 0 Å². The van der Waals surface area contributed by atoms with Gasteiger partial charge in [-0.25, -0.2) is 14.4 Å². The van der Waals surface area contributed by atoms with Crippen molar-refractivity contribution in [2.24, 2.45) is 5.92 Å². The predicted molar refractivity (Wildman–Crippen MR) is 138 cm³/mol. The highest BCUT2D eigenvalue weighted by Gasteiger charge is 2.45. The Morgan fingerprint density at radius 3 is 1.97 bits per heavy atom. The molecule has 0 saturated carbocycles. The van der Waals surface area contributed by atoms with Crippen molar-refractivity contribution in [1.82, 2.24) is 4.90 Å². The van der Waals surface area contributed by atoms with Gasteiger partial charge in [-0.15, -0.1) is 6.58 Å². The van der Waals surface area contributed by atoms with Crippen LogP contribution in [-0.2, 0) is 33.2 Å². The van der Waals surface area contributed by atoms with Gasteiger partial charge in [-0.2, -0.15) is 4.90 Å². The monoisotopic (exact) mass is 529 g/mol. The van der Waals surface area contributed by atoms with Gasteiger partial charge in [0.15, 0.2) is 6.04 Å². The summed E-state index contributed by atoms with van der Waals surface area (Å²) >= 11 is 0. The number of rotatable bonds is 7. The van der Waals surface area contributed by atoms with Crippen LogP contribution in [0.1, 0.15) is 76.2 Å². The largest absolute Gasteiger partial charge is 0.458 e. The van der Waals surface area contributed by atoms with Crippen molar-refractivity contribution in [3.63, 3.8) is 0 Å². The van der Waals surface area contributed by atoms with Crippen molar-refractivity contribution in [2.45, 2.75) is 117 Å². The van der Waals surface area contributed by atoms with Crippen molar-refractivity contribution < 1.29 is 42.8 Å². The summed E-state index contributed by atoms with van der Waals surface area (Å²) in [7, 11) is 0. The van der Waals surface area contributed by atoms with Gasteiger partial charge >= 0.3 is 18.2 Å². The summed E-state index contributed by atoms with van der Waals surface area (Å²) in [6.07, 6.45) is -2.55. The van der Waals surface area contributed by atoms with E-state index in [1.807, 2.05) is 27.7 Å². The number of carbonyl (C=O) groups is 3. The van der Waals surface area contributed by atoms with Crippen LogP contribution < -0.4 is 0 Å². The van der Waals surface area contributed by atoms with E-state index in [9.17, 15) is 14.4 Å². The van der Waals surface area contributed by atoms with Crippen LogP contribution in [0.2, 0.25) is 0 Å². The van der Waals surface area contributed by atoms with Gasteiger partial charge in [0, 0.05) is 6.61 Å². The molecule has 1 heterocycles. The van der Waals surface area contributed by atoms with E-state index in [4.69, 9.17) is 28.4 Å². The number of ether oxygens (including phenoxy) is 6. The number of imide groups is 1. The Kier molecular flexibility index (Phi) is 11.6. The van der Waals surface area contributed by atoms with Crippen molar-refractivity contribution in [1.29, 1.82) is 0 Å². The first-order valence-electron chi connectivity index (χ1n) is 12.7. The summed E-state index contributed by atoms with van der Waals surface area (Å²) in [5, 5.41) is 0. The van der Waals surface area contributed by atoms with Gasteiger partial charge in [-0.05, 0) is 68.2 Å². The van der Waals surface area contributed by atoms with Gasteiger partial charge in [0.05, 0.1) is 18.8 Å². The Bertz CT molecular complexity index is 767. The van der Waals surface area contributed by atoms with Gasteiger partial charge in [0.25, 0.3) is 0 Å². The molecule has 1 rings (SSSR count). The fourth-order valence-corrected chi connectivity index (χ4v) is 3.31. The number of hydrogen-bond donors (Lipinski definition) is 0. The Morgan fingerprint density at radius 2 is 1.54 bits per heavy atom. The lowest BCUT2D eigenvalue weighted by Crippen LogP contribution is -2.54. The van der Waals surface area contributed by atoms with E-state index in [0.29, 0.717) is 11.5 Å². The standard InChI is InChI=1S/C27H47NO9/c1-13-27(11,12)35-20-16-32-15-19(22(29)34-18(4)21(20)33-14-17(2)3)28(23(30)36-25(5,6)7)24(31)37-26(8,9)10/h13,17-21H,1,14-16H2,2-12H3/t18-,19-,20-,21-/m0/s1. The average Bonchev–Trinajstić information content (AvgIpc) is 2.73. The molecule has 2 amide bonds. The highest BCUT2D eigenvalue weighted by atomic mass is 16.6. The Labute approximate surface area is 221 Å². The molecule has 214 valence electrons. The molecule has 0 aromatic heterocycles. The van der Waals surface area contributed by atoms with Crippen LogP contribution in [0, 0.1) is 5.92 Å². The molecule has 1 aliphatic rings. The zero-order chi connectivity index (χ0) is 28.8. The molecule has 0 bridgehead atoms. The van der Waals surface area contributed by atoms with E-state index in [1.54, 1.807) is 54.5 Å². The second kappa shape index (κ2) is 13.1. The van der Waals surface area contributed by atoms with Crippen molar-refractivity contribution >= 4 is 18.2 Å². The summed E-state index contributed by atoms with van der Waals surface area (Å²) in [4.78, 5) is 40.2. The molecule has 0 N–H and O–H groups in total. The number of amides is 2. The molecule has 10 nitrogen and oxygen atoms in total. The first-order valence-corrected chi connectivity index (χ1v) is 12.7. The summed E-state index contributed by atoms with van der Waals surface area (Å²) in [5.74, 6) is -0.641. The average molecular weight is 530 g/mol. The van der Waals surface area contributed by atoms with Gasteiger partial charge < -0.3 is 28.4 Å².